The average Bonchev–Trinajstić information content (AvgIpc) is 2.89. The molecule has 3 aromatic rings. The predicted molar refractivity (Wildman–Crippen MR) is 138 cm³/mol. The van der Waals surface area contributed by atoms with Gasteiger partial charge in [-0.05, 0) is 47.1 Å². The third-order valence-electron chi connectivity index (χ3n) is 7.03. The van der Waals surface area contributed by atoms with E-state index in [1.807, 2.05) is 6.92 Å². The second kappa shape index (κ2) is 10.3. The molecule has 2 heterocycles. The van der Waals surface area contributed by atoms with E-state index in [1.54, 1.807) is 6.21 Å². The number of ether oxygens (including phenoxy) is 1. The van der Waals surface area contributed by atoms with Crippen molar-refractivity contribution in [2.24, 2.45) is 4.99 Å². The van der Waals surface area contributed by atoms with Crippen LogP contribution in [-0.4, -0.2) is 32.0 Å². The summed E-state index contributed by atoms with van der Waals surface area (Å²) in [5.74, 6) is 0.763. The van der Waals surface area contributed by atoms with Crippen molar-refractivity contribution in [2.75, 3.05) is 24.6 Å². The number of aliphatic imine (C=N–C) groups is 1. The highest BCUT2D eigenvalue weighted by Crippen LogP contribution is 2.48. The largest absolute Gasteiger partial charge is 0.448 e. The lowest BCUT2D eigenvalue weighted by Gasteiger charge is -2.43. The van der Waals surface area contributed by atoms with Crippen LogP contribution in [0.4, 0.5) is 10.5 Å². The average molecular weight is 453 g/mol. The maximum atomic E-state index is 11.8. The van der Waals surface area contributed by atoms with Crippen LogP contribution in [0.25, 0.3) is 0 Å². The molecular formula is C30H32N2O2. The van der Waals surface area contributed by atoms with Gasteiger partial charge in [0, 0.05) is 43.2 Å². The topological polar surface area (TPSA) is 41.9 Å². The lowest BCUT2D eigenvalue weighted by Crippen LogP contribution is -2.37. The van der Waals surface area contributed by atoms with E-state index in [-0.39, 0.29) is 0 Å². The molecule has 34 heavy (non-hydrogen) atoms. The van der Waals surface area contributed by atoms with E-state index in [9.17, 15) is 4.79 Å². The normalized spacial score (nSPS) is 19.1. The highest BCUT2D eigenvalue weighted by atomic mass is 16.5. The fraction of sp³-hybridized carbons (Fsp3) is 0.333. The molecule has 2 unspecified atom stereocenters. The first-order chi connectivity index (χ1) is 16.7. The van der Waals surface area contributed by atoms with Crippen molar-refractivity contribution < 1.29 is 9.53 Å². The highest BCUT2D eigenvalue weighted by molar-refractivity contribution is 5.80. The Labute approximate surface area is 202 Å². The van der Waals surface area contributed by atoms with Crippen molar-refractivity contribution in [3.05, 3.63) is 101 Å². The molecule has 0 spiro atoms. The van der Waals surface area contributed by atoms with Crippen LogP contribution in [-0.2, 0) is 11.2 Å². The molecule has 1 amide bonds. The molecule has 2 atom stereocenters. The molecule has 0 fully saturated rings. The molecule has 3 aromatic carbocycles. The molecular weight excluding hydrogens is 420 g/mol. The second-order valence-corrected chi connectivity index (χ2v) is 9.24. The third kappa shape index (κ3) is 4.63. The van der Waals surface area contributed by atoms with Crippen LogP contribution < -0.4 is 4.90 Å². The molecule has 0 saturated heterocycles. The highest BCUT2D eigenvalue weighted by Gasteiger charge is 2.34. The van der Waals surface area contributed by atoms with Gasteiger partial charge in [-0.3, -0.25) is 0 Å². The fourth-order valence-electron chi connectivity index (χ4n) is 5.49. The Morgan fingerprint density at radius 3 is 2.03 bits per heavy atom. The number of rotatable bonds is 6. The van der Waals surface area contributed by atoms with Crippen molar-refractivity contribution in [3.63, 3.8) is 0 Å². The zero-order chi connectivity index (χ0) is 23.3. The summed E-state index contributed by atoms with van der Waals surface area (Å²) in [6.07, 6.45) is 4.85. The van der Waals surface area contributed by atoms with E-state index in [0.29, 0.717) is 24.9 Å². The zero-order valence-electron chi connectivity index (χ0n) is 19.8. The van der Waals surface area contributed by atoms with Crippen molar-refractivity contribution in [1.82, 2.24) is 0 Å². The van der Waals surface area contributed by atoms with Gasteiger partial charge < -0.3 is 9.64 Å². The van der Waals surface area contributed by atoms with Gasteiger partial charge in [0.2, 0.25) is 0 Å². The van der Waals surface area contributed by atoms with Gasteiger partial charge in [0.1, 0.15) is 0 Å². The number of anilines is 1. The van der Waals surface area contributed by atoms with Crippen LogP contribution >= 0.6 is 0 Å². The Hall–Kier alpha value is -3.40. The Balaban J connectivity index is 1.55. The van der Waals surface area contributed by atoms with Crippen molar-refractivity contribution in [3.8, 4) is 0 Å². The van der Waals surface area contributed by atoms with Crippen molar-refractivity contribution >= 4 is 18.0 Å². The lowest BCUT2D eigenvalue weighted by molar-refractivity contribution is 0.157. The van der Waals surface area contributed by atoms with Crippen LogP contribution in [0.1, 0.15) is 65.8 Å². The van der Waals surface area contributed by atoms with E-state index >= 15 is 0 Å². The molecule has 0 radical (unpaired) electrons. The smallest absolute Gasteiger partial charge is 0.433 e. The van der Waals surface area contributed by atoms with E-state index < -0.39 is 6.09 Å². The van der Waals surface area contributed by atoms with E-state index in [4.69, 9.17) is 4.74 Å². The monoisotopic (exact) mass is 452 g/mol. The first-order valence-electron chi connectivity index (χ1n) is 12.5. The number of hydrogen-bond acceptors (Lipinski definition) is 3. The van der Waals surface area contributed by atoms with Gasteiger partial charge in [0.25, 0.3) is 0 Å². The summed E-state index contributed by atoms with van der Waals surface area (Å²) >= 11 is 0. The molecule has 4 nitrogen and oxygen atoms in total. The van der Waals surface area contributed by atoms with Gasteiger partial charge in [0.05, 0.1) is 6.61 Å². The first-order valence-corrected chi connectivity index (χ1v) is 12.5. The predicted octanol–water partition coefficient (Wildman–Crippen LogP) is 6.72. The van der Waals surface area contributed by atoms with Crippen LogP contribution in [0.3, 0.4) is 0 Å². The fourth-order valence-corrected chi connectivity index (χ4v) is 5.49. The minimum atomic E-state index is -0.503. The minimum absolute atomic E-state index is 0.382. The number of benzene rings is 3. The molecule has 0 aliphatic carbocycles. The van der Waals surface area contributed by atoms with Gasteiger partial charge >= 0.3 is 6.09 Å². The maximum absolute atomic E-state index is 11.8. The van der Waals surface area contributed by atoms with Crippen LogP contribution in [0.15, 0.2) is 77.8 Å². The molecule has 4 heteroatoms. The van der Waals surface area contributed by atoms with Gasteiger partial charge in [0.15, 0.2) is 0 Å². The van der Waals surface area contributed by atoms with Gasteiger partial charge in [-0.1, -0.05) is 79.7 Å². The number of nitrogens with zero attached hydrogens (tertiary/aromatic N) is 2. The van der Waals surface area contributed by atoms with Crippen molar-refractivity contribution in [1.29, 1.82) is 0 Å². The van der Waals surface area contributed by atoms with E-state index in [0.717, 1.165) is 32.4 Å². The Morgan fingerprint density at radius 2 is 1.50 bits per heavy atom. The Kier molecular flexibility index (Phi) is 6.75. The van der Waals surface area contributed by atoms with Gasteiger partial charge in [-0.2, -0.15) is 4.99 Å². The summed E-state index contributed by atoms with van der Waals surface area (Å²) in [5, 5.41) is 0. The molecule has 0 N–H and O–H groups in total. The van der Waals surface area contributed by atoms with E-state index in [2.05, 4.69) is 82.7 Å². The number of carbonyl (C=O) groups excluding carboxylic acids is 1. The standard InChI is InChI=1S/C30H32N2O2/c1-2-19-34-30(33)31-16-13-22-20-27-25(23-9-5-3-6-10-23)14-17-32-18-15-26(28(21-22)29(27)32)24-11-7-4-8-12-24/h3-12,16,20-21,25-26H,2,13-15,17-19H2,1H3. The summed E-state index contributed by atoms with van der Waals surface area (Å²) < 4.78 is 5.09. The number of hydrogen-bond donors (Lipinski definition) is 0. The zero-order valence-corrected chi connectivity index (χ0v) is 19.8. The molecule has 0 aromatic heterocycles. The Bertz CT molecular complexity index is 1080. The van der Waals surface area contributed by atoms with Gasteiger partial charge in [-0.15, -0.1) is 0 Å². The summed E-state index contributed by atoms with van der Waals surface area (Å²) in [6, 6.07) is 26.4. The lowest BCUT2D eigenvalue weighted by atomic mass is 9.75. The number of amides is 1. The first kappa shape index (κ1) is 22.4. The molecule has 2 aliphatic rings. The SMILES string of the molecule is CCCOC(=O)N=CCc1cc2c3c(c1)C(c1ccccc1)CCN3CCC2c1ccccc1. The minimum Gasteiger partial charge on any atom is -0.448 e. The maximum Gasteiger partial charge on any atom is 0.433 e. The van der Waals surface area contributed by atoms with Gasteiger partial charge in [-0.25, -0.2) is 4.79 Å². The summed E-state index contributed by atoms with van der Waals surface area (Å²) in [7, 11) is 0. The molecule has 174 valence electrons. The molecule has 0 bridgehead atoms. The summed E-state index contributed by atoms with van der Waals surface area (Å²) in [4.78, 5) is 18.4. The quantitative estimate of drug-likeness (QED) is 0.390. The molecule has 5 rings (SSSR count). The molecule has 2 aliphatic heterocycles. The van der Waals surface area contributed by atoms with Crippen LogP contribution in [0, 0.1) is 0 Å². The Morgan fingerprint density at radius 1 is 0.941 bits per heavy atom. The summed E-state index contributed by atoms with van der Waals surface area (Å²) in [6.45, 7) is 4.56. The number of carbonyl (C=O) groups is 1. The van der Waals surface area contributed by atoms with Crippen LogP contribution in [0.2, 0.25) is 0 Å². The molecule has 0 saturated carbocycles. The van der Waals surface area contributed by atoms with Crippen LogP contribution in [0.5, 0.6) is 0 Å². The summed E-state index contributed by atoms with van der Waals surface area (Å²) in [5.41, 5.74) is 8.19. The third-order valence-corrected chi connectivity index (χ3v) is 7.03. The van der Waals surface area contributed by atoms with E-state index in [1.165, 1.54) is 33.5 Å². The second-order valence-electron chi connectivity index (χ2n) is 9.24. The van der Waals surface area contributed by atoms with Crippen molar-refractivity contribution in [2.45, 2.75) is 44.4 Å².